The molecule has 2 heterocycles. The van der Waals surface area contributed by atoms with E-state index in [2.05, 4.69) is 10.6 Å². The van der Waals surface area contributed by atoms with Crippen molar-refractivity contribution in [1.82, 2.24) is 0 Å². The van der Waals surface area contributed by atoms with Crippen molar-refractivity contribution < 1.29 is 23.4 Å². The Morgan fingerprint density at radius 3 is 2.50 bits per heavy atom. The Balaban J connectivity index is 1.38. The topological polar surface area (TPSA) is 72.1 Å². The van der Waals surface area contributed by atoms with E-state index in [1.807, 2.05) is 18.7 Å². The van der Waals surface area contributed by atoms with Gasteiger partial charge < -0.3 is 29.7 Å². The normalized spacial score (nSPS) is 21.3. The number of nitrogens with zero attached hydrogens (tertiary/aromatic N) is 1. The molecule has 2 aromatic rings. The summed E-state index contributed by atoms with van der Waals surface area (Å²) in [6, 6.07) is 9.59. The first-order valence-electron chi connectivity index (χ1n) is 10.1. The molecule has 1 saturated heterocycles. The summed E-state index contributed by atoms with van der Waals surface area (Å²) in [5.41, 5.74) is 1.69. The molecule has 0 radical (unpaired) electrons. The lowest BCUT2D eigenvalue weighted by Gasteiger charge is -2.37. The maximum atomic E-state index is 14.8. The maximum absolute atomic E-state index is 14.8. The largest absolute Gasteiger partial charge is 0.454 e. The fourth-order valence-electron chi connectivity index (χ4n) is 3.77. The van der Waals surface area contributed by atoms with Crippen LogP contribution in [0.1, 0.15) is 20.8 Å². The lowest BCUT2D eigenvalue weighted by molar-refractivity contribution is -0.116. The second kappa shape index (κ2) is 8.39. The Labute approximate surface area is 175 Å². The van der Waals surface area contributed by atoms with Gasteiger partial charge >= 0.3 is 0 Å². The number of anilines is 3. The molecule has 2 aliphatic rings. The van der Waals surface area contributed by atoms with Gasteiger partial charge in [0.25, 0.3) is 0 Å². The summed E-state index contributed by atoms with van der Waals surface area (Å²) in [6.07, 6.45) is 0.0942. The van der Waals surface area contributed by atoms with Crippen molar-refractivity contribution in [3.05, 3.63) is 42.2 Å². The highest BCUT2D eigenvalue weighted by Gasteiger charge is 2.24. The quantitative estimate of drug-likeness (QED) is 0.778. The minimum atomic E-state index is -0.566. The van der Waals surface area contributed by atoms with E-state index in [-0.39, 0.29) is 30.7 Å². The third-order valence-corrected chi connectivity index (χ3v) is 5.12. The first-order chi connectivity index (χ1) is 14.4. The van der Waals surface area contributed by atoms with Gasteiger partial charge in [-0.3, -0.25) is 4.79 Å². The van der Waals surface area contributed by atoms with E-state index >= 15 is 0 Å². The van der Waals surface area contributed by atoms with Gasteiger partial charge in [-0.2, -0.15) is 0 Å². The molecule has 30 heavy (non-hydrogen) atoms. The summed E-state index contributed by atoms with van der Waals surface area (Å²) in [7, 11) is 0. The van der Waals surface area contributed by atoms with Crippen LogP contribution in [0.4, 0.5) is 21.5 Å². The molecule has 3 atom stereocenters. The molecule has 4 rings (SSSR count). The standard InChI is InChI=1S/C22H26FN3O4/c1-13-10-26(11-14(2)30-13)19-6-4-16(8-18(19)23)24-15(3)22(27)25-17-5-7-20-21(9-17)29-12-28-20/h4-9,13-15,24H,10-12H2,1-3H3,(H,25,27)/t13-,14-,15+/m1/s1. The number of fused-ring (bicyclic) bond motifs is 1. The second-order valence-electron chi connectivity index (χ2n) is 7.75. The molecule has 0 saturated carbocycles. The van der Waals surface area contributed by atoms with Crippen LogP contribution in [0.5, 0.6) is 11.5 Å². The van der Waals surface area contributed by atoms with Crippen LogP contribution in [-0.4, -0.2) is 44.0 Å². The smallest absolute Gasteiger partial charge is 0.246 e. The number of benzene rings is 2. The van der Waals surface area contributed by atoms with Gasteiger partial charge in [0.1, 0.15) is 11.9 Å². The summed E-state index contributed by atoms with van der Waals surface area (Å²) >= 11 is 0. The van der Waals surface area contributed by atoms with Crippen LogP contribution in [0.25, 0.3) is 0 Å². The zero-order valence-electron chi connectivity index (χ0n) is 17.3. The summed E-state index contributed by atoms with van der Waals surface area (Å²) in [6.45, 7) is 7.15. The molecule has 1 fully saturated rings. The second-order valence-corrected chi connectivity index (χ2v) is 7.75. The Kier molecular flexibility index (Phi) is 5.67. The minimum absolute atomic E-state index is 0.0471. The number of ether oxygens (including phenoxy) is 3. The highest BCUT2D eigenvalue weighted by atomic mass is 19.1. The van der Waals surface area contributed by atoms with Crippen LogP contribution in [0.3, 0.4) is 0 Å². The summed E-state index contributed by atoms with van der Waals surface area (Å²) in [4.78, 5) is 14.5. The van der Waals surface area contributed by atoms with Crippen LogP contribution in [0.15, 0.2) is 36.4 Å². The van der Waals surface area contributed by atoms with Gasteiger partial charge in [-0.15, -0.1) is 0 Å². The number of carbonyl (C=O) groups excluding carboxylic acids is 1. The zero-order valence-corrected chi connectivity index (χ0v) is 17.3. The lowest BCUT2D eigenvalue weighted by atomic mass is 10.1. The third-order valence-electron chi connectivity index (χ3n) is 5.12. The Bertz CT molecular complexity index is 929. The van der Waals surface area contributed by atoms with Crippen molar-refractivity contribution in [1.29, 1.82) is 0 Å². The molecule has 7 nitrogen and oxygen atoms in total. The molecule has 0 aliphatic carbocycles. The molecular weight excluding hydrogens is 389 g/mol. The van der Waals surface area contributed by atoms with E-state index in [0.717, 1.165) is 0 Å². The summed E-state index contributed by atoms with van der Waals surface area (Å²) < 4.78 is 31.1. The molecule has 8 heteroatoms. The maximum Gasteiger partial charge on any atom is 0.246 e. The van der Waals surface area contributed by atoms with Crippen molar-refractivity contribution >= 4 is 23.0 Å². The highest BCUT2D eigenvalue weighted by Crippen LogP contribution is 2.34. The van der Waals surface area contributed by atoms with Crippen LogP contribution >= 0.6 is 0 Å². The number of carbonyl (C=O) groups is 1. The van der Waals surface area contributed by atoms with Gasteiger partial charge in [0, 0.05) is 30.5 Å². The molecule has 0 unspecified atom stereocenters. The summed E-state index contributed by atoms with van der Waals surface area (Å²) in [5, 5.41) is 5.88. The summed E-state index contributed by atoms with van der Waals surface area (Å²) in [5.74, 6) is 0.676. The average Bonchev–Trinajstić information content (AvgIpc) is 3.15. The molecule has 160 valence electrons. The number of halogens is 1. The fraction of sp³-hybridized carbons (Fsp3) is 0.409. The zero-order chi connectivity index (χ0) is 21.3. The fourth-order valence-corrected chi connectivity index (χ4v) is 3.77. The average molecular weight is 415 g/mol. The van der Waals surface area contributed by atoms with Crippen molar-refractivity contribution in [3.8, 4) is 11.5 Å². The van der Waals surface area contributed by atoms with E-state index in [1.54, 1.807) is 37.3 Å². The van der Waals surface area contributed by atoms with Crippen molar-refractivity contribution in [2.24, 2.45) is 0 Å². The van der Waals surface area contributed by atoms with Gasteiger partial charge in [-0.05, 0) is 51.1 Å². The van der Waals surface area contributed by atoms with Crippen molar-refractivity contribution in [2.75, 3.05) is 35.4 Å². The van der Waals surface area contributed by atoms with Crippen LogP contribution in [0.2, 0.25) is 0 Å². The molecule has 0 bridgehead atoms. The van der Waals surface area contributed by atoms with Crippen molar-refractivity contribution in [3.63, 3.8) is 0 Å². The van der Waals surface area contributed by atoms with Gasteiger partial charge in [0.15, 0.2) is 11.5 Å². The van der Waals surface area contributed by atoms with Gasteiger partial charge in [0.2, 0.25) is 12.7 Å². The molecule has 0 aromatic heterocycles. The van der Waals surface area contributed by atoms with Crippen molar-refractivity contribution in [2.45, 2.75) is 39.0 Å². The monoisotopic (exact) mass is 415 g/mol. The molecular formula is C22H26FN3O4. The molecule has 0 spiro atoms. The van der Waals surface area contributed by atoms with E-state index in [9.17, 15) is 9.18 Å². The Morgan fingerprint density at radius 1 is 1.07 bits per heavy atom. The Hall–Kier alpha value is -3.00. The van der Waals surface area contributed by atoms with Crippen LogP contribution < -0.4 is 25.0 Å². The number of hydrogen-bond donors (Lipinski definition) is 2. The van der Waals surface area contributed by atoms with E-state index in [0.29, 0.717) is 41.7 Å². The SMILES string of the molecule is C[C@@H]1CN(c2ccc(N[C@@H](C)C(=O)Nc3ccc4c(c3)OCO4)cc2F)C[C@@H](C)O1. The van der Waals surface area contributed by atoms with Gasteiger partial charge in [0.05, 0.1) is 17.9 Å². The molecule has 2 aromatic carbocycles. The lowest BCUT2D eigenvalue weighted by Crippen LogP contribution is -2.45. The minimum Gasteiger partial charge on any atom is -0.454 e. The first kappa shape index (κ1) is 20.3. The van der Waals surface area contributed by atoms with Gasteiger partial charge in [-0.25, -0.2) is 4.39 Å². The Morgan fingerprint density at radius 2 is 1.77 bits per heavy atom. The number of amides is 1. The number of nitrogens with one attached hydrogen (secondary N) is 2. The van der Waals surface area contributed by atoms with Gasteiger partial charge in [-0.1, -0.05) is 0 Å². The predicted octanol–water partition coefficient (Wildman–Crippen LogP) is 3.61. The number of hydrogen-bond acceptors (Lipinski definition) is 6. The van der Waals surface area contributed by atoms with Crippen LogP contribution in [0, 0.1) is 5.82 Å². The molecule has 2 aliphatic heterocycles. The van der Waals surface area contributed by atoms with E-state index < -0.39 is 6.04 Å². The third kappa shape index (κ3) is 4.43. The molecule has 1 amide bonds. The first-order valence-corrected chi connectivity index (χ1v) is 10.1. The van der Waals surface area contributed by atoms with E-state index in [4.69, 9.17) is 14.2 Å². The van der Waals surface area contributed by atoms with E-state index in [1.165, 1.54) is 6.07 Å². The van der Waals surface area contributed by atoms with Crippen LogP contribution in [-0.2, 0) is 9.53 Å². The molecule has 2 N–H and O–H groups in total. The number of morpholine rings is 1. The number of rotatable bonds is 5. The highest BCUT2D eigenvalue weighted by molar-refractivity contribution is 5.96. The predicted molar refractivity (Wildman–Crippen MR) is 113 cm³/mol.